The SMILES string of the molecule is C=CCCCCOC(=O)[C@@H]1[C@H]2C(=O)N([C@H](C)CO)C(C(=O)N(CC=C)CCN3CCOCC3)C23CC[C@H]1O3. The molecule has 6 atom stereocenters. The van der Waals surface area contributed by atoms with Crippen molar-refractivity contribution >= 4 is 17.8 Å². The summed E-state index contributed by atoms with van der Waals surface area (Å²) in [7, 11) is 0. The monoisotopic (exact) mass is 533 g/mol. The molecule has 2 unspecified atom stereocenters. The molecule has 2 bridgehead atoms. The normalized spacial score (nSPS) is 31.2. The van der Waals surface area contributed by atoms with E-state index in [0.717, 1.165) is 25.9 Å². The van der Waals surface area contributed by atoms with E-state index in [1.807, 2.05) is 6.08 Å². The highest BCUT2D eigenvalue weighted by Crippen LogP contribution is 2.59. The second-order valence-corrected chi connectivity index (χ2v) is 10.8. The van der Waals surface area contributed by atoms with Crippen LogP contribution in [0.1, 0.15) is 39.0 Å². The third-order valence-corrected chi connectivity index (χ3v) is 8.48. The van der Waals surface area contributed by atoms with Gasteiger partial charge in [-0.1, -0.05) is 12.2 Å². The molecular weight excluding hydrogens is 490 g/mol. The lowest BCUT2D eigenvalue weighted by Gasteiger charge is -2.39. The van der Waals surface area contributed by atoms with E-state index in [2.05, 4.69) is 18.1 Å². The van der Waals surface area contributed by atoms with E-state index in [1.54, 1.807) is 17.9 Å². The van der Waals surface area contributed by atoms with Crippen molar-refractivity contribution in [3.8, 4) is 0 Å². The van der Waals surface area contributed by atoms with E-state index in [0.29, 0.717) is 52.1 Å². The van der Waals surface area contributed by atoms with Gasteiger partial charge in [-0.2, -0.15) is 0 Å². The molecular formula is C28H43N3O7. The van der Waals surface area contributed by atoms with Crippen LogP contribution in [0, 0.1) is 11.8 Å². The summed E-state index contributed by atoms with van der Waals surface area (Å²) < 4.78 is 17.5. The summed E-state index contributed by atoms with van der Waals surface area (Å²) in [5.74, 6) is -2.52. The number of aliphatic hydroxyl groups is 1. The first-order chi connectivity index (χ1) is 18.4. The molecule has 0 aromatic rings. The summed E-state index contributed by atoms with van der Waals surface area (Å²) in [5.41, 5.74) is -1.10. The van der Waals surface area contributed by atoms with Gasteiger partial charge in [0.1, 0.15) is 11.6 Å². The number of esters is 1. The molecule has 0 saturated carbocycles. The van der Waals surface area contributed by atoms with Crippen LogP contribution in [0.15, 0.2) is 25.3 Å². The lowest BCUT2D eigenvalue weighted by atomic mass is 9.70. The van der Waals surface area contributed by atoms with Crippen molar-refractivity contribution < 1.29 is 33.7 Å². The molecule has 2 amide bonds. The fraction of sp³-hybridized carbons (Fsp3) is 0.750. The molecule has 0 radical (unpaired) electrons. The number of hydrogen-bond donors (Lipinski definition) is 1. The minimum atomic E-state index is -1.10. The number of unbranched alkanes of at least 4 members (excludes halogenated alkanes) is 2. The number of carbonyl (C=O) groups excluding carboxylic acids is 3. The maximum Gasteiger partial charge on any atom is 0.312 e. The van der Waals surface area contributed by atoms with Crippen LogP contribution < -0.4 is 0 Å². The minimum Gasteiger partial charge on any atom is -0.465 e. The van der Waals surface area contributed by atoms with Gasteiger partial charge in [-0.25, -0.2) is 0 Å². The molecule has 38 heavy (non-hydrogen) atoms. The molecule has 0 aliphatic carbocycles. The van der Waals surface area contributed by atoms with Gasteiger partial charge in [0.15, 0.2) is 0 Å². The van der Waals surface area contributed by atoms with Gasteiger partial charge >= 0.3 is 5.97 Å². The number of fused-ring (bicyclic) bond motifs is 1. The van der Waals surface area contributed by atoms with E-state index in [1.165, 1.54) is 4.90 Å². The molecule has 4 rings (SSSR count). The van der Waals surface area contributed by atoms with E-state index in [4.69, 9.17) is 14.2 Å². The van der Waals surface area contributed by atoms with Crippen LogP contribution >= 0.6 is 0 Å². The summed E-state index contributed by atoms with van der Waals surface area (Å²) in [4.78, 5) is 46.8. The maximum absolute atomic E-state index is 14.2. The van der Waals surface area contributed by atoms with E-state index >= 15 is 0 Å². The first-order valence-corrected chi connectivity index (χ1v) is 14.0. The number of carbonyl (C=O) groups is 3. The van der Waals surface area contributed by atoms with E-state index < -0.39 is 41.6 Å². The molecule has 10 heteroatoms. The first-order valence-electron chi connectivity index (χ1n) is 14.0. The van der Waals surface area contributed by atoms with Crippen LogP contribution in [0.2, 0.25) is 0 Å². The van der Waals surface area contributed by atoms with Gasteiger partial charge in [-0.15, -0.1) is 13.2 Å². The molecule has 0 aromatic heterocycles. The Kier molecular flexibility index (Phi) is 9.62. The van der Waals surface area contributed by atoms with E-state index in [9.17, 15) is 19.5 Å². The van der Waals surface area contributed by atoms with Crippen molar-refractivity contribution in [3.05, 3.63) is 25.3 Å². The third kappa shape index (κ3) is 5.41. The highest BCUT2D eigenvalue weighted by molar-refractivity contribution is 5.98. The third-order valence-electron chi connectivity index (χ3n) is 8.48. The van der Waals surface area contributed by atoms with Gasteiger partial charge in [0.05, 0.1) is 50.4 Å². The van der Waals surface area contributed by atoms with Gasteiger partial charge in [0.25, 0.3) is 0 Å². The average Bonchev–Trinajstić information content (AvgIpc) is 3.58. The average molecular weight is 534 g/mol. The Morgan fingerprint density at radius 1 is 1.26 bits per heavy atom. The molecule has 212 valence electrons. The second kappa shape index (κ2) is 12.7. The lowest BCUT2D eigenvalue weighted by molar-refractivity contribution is -0.156. The highest BCUT2D eigenvalue weighted by atomic mass is 16.6. The minimum absolute atomic E-state index is 0.228. The Hall–Kier alpha value is -2.27. The lowest BCUT2D eigenvalue weighted by Crippen LogP contribution is -2.59. The van der Waals surface area contributed by atoms with Gasteiger partial charge in [-0.3, -0.25) is 19.3 Å². The van der Waals surface area contributed by atoms with Crippen molar-refractivity contribution in [1.29, 1.82) is 0 Å². The zero-order valence-electron chi connectivity index (χ0n) is 22.6. The molecule has 1 spiro atoms. The molecule has 4 fully saturated rings. The summed E-state index contributed by atoms with van der Waals surface area (Å²) in [6.45, 7) is 13.7. The standard InChI is InChI=1S/C28H43N3O7/c1-4-6-7-8-16-37-27(35)22-21-9-10-28(38-21)23(22)25(33)31(20(3)19-32)24(28)26(34)30(11-5-2)13-12-29-14-17-36-18-15-29/h4-5,20-24,32H,1-2,6-19H2,3H3/t20-,21-,22+,23+,24?,28?/m1/s1. The van der Waals surface area contributed by atoms with Gasteiger partial charge in [0.2, 0.25) is 11.8 Å². The van der Waals surface area contributed by atoms with Crippen LogP contribution in [-0.2, 0) is 28.6 Å². The number of amides is 2. The van der Waals surface area contributed by atoms with Crippen LogP contribution in [-0.4, -0.2) is 121 Å². The quantitative estimate of drug-likeness (QED) is 0.200. The Balaban J connectivity index is 1.55. The first kappa shape index (κ1) is 28.7. The Labute approximate surface area is 225 Å². The fourth-order valence-corrected chi connectivity index (χ4v) is 6.57. The Bertz CT molecular complexity index is 892. The van der Waals surface area contributed by atoms with Gasteiger partial charge in [-0.05, 0) is 39.0 Å². The number of morpholine rings is 1. The van der Waals surface area contributed by atoms with Crippen molar-refractivity contribution in [1.82, 2.24) is 14.7 Å². The number of likely N-dealkylation sites (tertiary alicyclic amines) is 1. The number of hydrogen-bond acceptors (Lipinski definition) is 8. The van der Waals surface area contributed by atoms with Gasteiger partial charge in [0, 0.05) is 32.7 Å². The summed E-state index contributed by atoms with van der Waals surface area (Å²) >= 11 is 0. The zero-order valence-corrected chi connectivity index (χ0v) is 22.6. The number of allylic oxidation sites excluding steroid dienone is 1. The van der Waals surface area contributed by atoms with Crippen LogP contribution in [0.25, 0.3) is 0 Å². The van der Waals surface area contributed by atoms with Crippen LogP contribution in [0.4, 0.5) is 0 Å². The van der Waals surface area contributed by atoms with Crippen molar-refractivity contribution in [2.45, 2.75) is 62.8 Å². The van der Waals surface area contributed by atoms with Crippen molar-refractivity contribution in [3.63, 3.8) is 0 Å². The molecule has 4 heterocycles. The number of nitrogens with zero attached hydrogens (tertiary/aromatic N) is 3. The largest absolute Gasteiger partial charge is 0.465 e. The molecule has 10 nitrogen and oxygen atoms in total. The fourth-order valence-electron chi connectivity index (χ4n) is 6.57. The zero-order chi connectivity index (χ0) is 27.3. The summed E-state index contributed by atoms with van der Waals surface area (Å²) in [6.07, 6.45) is 6.59. The Morgan fingerprint density at radius 2 is 2.03 bits per heavy atom. The predicted molar refractivity (Wildman–Crippen MR) is 140 cm³/mol. The van der Waals surface area contributed by atoms with Crippen LogP contribution in [0.3, 0.4) is 0 Å². The molecule has 4 saturated heterocycles. The summed E-state index contributed by atoms with van der Waals surface area (Å²) in [5, 5.41) is 10.0. The Morgan fingerprint density at radius 3 is 2.71 bits per heavy atom. The molecule has 1 N–H and O–H groups in total. The molecule has 4 aliphatic rings. The molecule has 4 aliphatic heterocycles. The van der Waals surface area contributed by atoms with Crippen LogP contribution in [0.5, 0.6) is 0 Å². The number of aliphatic hydroxyl groups excluding tert-OH is 1. The number of ether oxygens (including phenoxy) is 3. The van der Waals surface area contributed by atoms with Gasteiger partial charge < -0.3 is 29.1 Å². The maximum atomic E-state index is 14.2. The molecule has 0 aromatic carbocycles. The second-order valence-electron chi connectivity index (χ2n) is 10.8. The smallest absolute Gasteiger partial charge is 0.312 e. The predicted octanol–water partition coefficient (Wildman–Crippen LogP) is 0.988. The van der Waals surface area contributed by atoms with E-state index in [-0.39, 0.29) is 25.0 Å². The topological polar surface area (TPSA) is 109 Å². The van der Waals surface area contributed by atoms with Crippen molar-refractivity contribution in [2.75, 3.05) is 59.2 Å². The highest BCUT2D eigenvalue weighted by Gasteiger charge is 2.75. The number of rotatable bonds is 14. The summed E-state index contributed by atoms with van der Waals surface area (Å²) in [6, 6.07) is -1.51. The van der Waals surface area contributed by atoms with Crippen molar-refractivity contribution in [2.24, 2.45) is 11.8 Å².